The molecule has 2 aromatic rings. The zero-order valence-electron chi connectivity index (χ0n) is 13.8. The average molecular weight is 309 g/mol. The van der Waals surface area contributed by atoms with Crippen molar-refractivity contribution in [2.45, 2.75) is 32.7 Å². The van der Waals surface area contributed by atoms with Crippen molar-refractivity contribution < 1.29 is 0 Å². The van der Waals surface area contributed by atoms with Gasteiger partial charge in [0.2, 0.25) is 5.95 Å². The Balaban J connectivity index is 1.56. The molecule has 2 saturated heterocycles. The van der Waals surface area contributed by atoms with Crippen molar-refractivity contribution >= 4 is 11.8 Å². The minimum absolute atomic E-state index is 0.517. The first kappa shape index (κ1) is 14.4. The van der Waals surface area contributed by atoms with Crippen LogP contribution in [0.15, 0.2) is 30.6 Å². The summed E-state index contributed by atoms with van der Waals surface area (Å²) in [6, 6.07) is 6.82. The maximum atomic E-state index is 4.73. The summed E-state index contributed by atoms with van der Waals surface area (Å²) in [6.45, 7) is 7.24. The third-order valence-corrected chi connectivity index (χ3v) is 5.08. The molecule has 4 rings (SSSR count). The van der Waals surface area contributed by atoms with Gasteiger partial charge in [0.1, 0.15) is 5.82 Å². The van der Waals surface area contributed by atoms with Crippen LogP contribution in [0.4, 0.5) is 11.8 Å². The molecular weight excluding hydrogens is 286 g/mol. The van der Waals surface area contributed by atoms with Crippen LogP contribution in [0, 0.1) is 19.8 Å². The van der Waals surface area contributed by atoms with Crippen molar-refractivity contribution in [3.8, 4) is 0 Å². The number of nitrogens with zero attached hydrogens (tertiary/aromatic N) is 5. The first-order valence-corrected chi connectivity index (χ1v) is 8.44. The minimum Gasteiger partial charge on any atom is -0.352 e. The van der Waals surface area contributed by atoms with Gasteiger partial charge in [-0.25, -0.2) is 15.0 Å². The van der Waals surface area contributed by atoms with Crippen molar-refractivity contribution in [1.29, 1.82) is 0 Å². The van der Waals surface area contributed by atoms with E-state index in [2.05, 4.69) is 44.9 Å². The summed E-state index contributed by atoms with van der Waals surface area (Å²) in [7, 11) is 0. The SMILES string of the molecule is Cc1cnc(N2CCC3CCN(c4cccc(C)n4)C3C2)nc1. The molecule has 2 unspecified atom stereocenters. The Bertz CT molecular complexity index is 684. The molecule has 0 amide bonds. The highest BCUT2D eigenvalue weighted by Crippen LogP contribution is 2.35. The van der Waals surface area contributed by atoms with Gasteiger partial charge >= 0.3 is 0 Å². The lowest BCUT2D eigenvalue weighted by atomic mass is 9.92. The Labute approximate surface area is 137 Å². The van der Waals surface area contributed by atoms with Gasteiger partial charge in [0.05, 0.1) is 6.04 Å². The maximum absolute atomic E-state index is 4.73. The molecule has 0 N–H and O–H groups in total. The topological polar surface area (TPSA) is 45.2 Å². The lowest BCUT2D eigenvalue weighted by Gasteiger charge is -2.38. The van der Waals surface area contributed by atoms with Crippen LogP contribution in [0.2, 0.25) is 0 Å². The average Bonchev–Trinajstić information content (AvgIpc) is 2.98. The van der Waals surface area contributed by atoms with Gasteiger partial charge in [0.15, 0.2) is 0 Å². The first-order valence-electron chi connectivity index (χ1n) is 8.44. The number of fused-ring (bicyclic) bond motifs is 1. The summed E-state index contributed by atoms with van der Waals surface area (Å²) in [6.07, 6.45) is 6.29. The van der Waals surface area contributed by atoms with Crippen LogP contribution in [-0.4, -0.2) is 40.6 Å². The highest BCUT2D eigenvalue weighted by Gasteiger charge is 2.39. The van der Waals surface area contributed by atoms with Crippen molar-refractivity contribution in [3.05, 3.63) is 41.9 Å². The molecule has 120 valence electrons. The monoisotopic (exact) mass is 309 g/mol. The maximum Gasteiger partial charge on any atom is 0.225 e. The number of piperidine rings is 1. The van der Waals surface area contributed by atoms with E-state index in [1.54, 1.807) is 0 Å². The van der Waals surface area contributed by atoms with E-state index in [4.69, 9.17) is 4.98 Å². The van der Waals surface area contributed by atoms with Gasteiger partial charge in [-0.3, -0.25) is 0 Å². The number of hydrogen-bond acceptors (Lipinski definition) is 5. The molecule has 2 aliphatic heterocycles. The third-order valence-electron chi connectivity index (χ3n) is 5.08. The van der Waals surface area contributed by atoms with Crippen LogP contribution in [0.5, 0.6) is 0 Å². The van der Waals surface area contributed by atoms with Crippen LogP contribution < -0.4 is 9.80 Å². The van der Waals surface area contributed by atoms with Crippen molar-refractivity contribution in [1.82, 2.24) is 15.0 Å². The number of aryl methyl sites for hydroxylation is 2. The molecule has 23 heavy (non-hydrogen) atoms. The first-order chi connectivity index (χ1) is 11.2. The van der Waals surface area contributed by atoms with Gasteiger partial charge < -0.3 is 9.80 Å². The molecular formula is C18H23N5. The summed E-state index contributed by atoms with van der Waals surface area (Å²) in [5.74, 6) is 2.74. The lowest BCUT2D eigenvalue weighted by Crippen LogP contribution is -2.49. The summed E-state index contributed by atoms with van der Waals surface area (Å²) in [5, 5.41) is 0. The van der Waals surface area contributed by atoms with E-state index >= 15 is 0 Å². The van der Waals surface area contributed by atoms with E-state index < -0.39 is 0 Å². The van der Waals surface area contributed by atoms with Crippen molar-refractivity contribution in [2.75, 3.05) is 29.4 Å². The molecule has 0 aromatic carbocycles. The second-order valence-electron chi connectivity index (χ2n) is 6.74. The zero-order valence-corrected chi connectivity index (χ0v) is 13.8. The lowest BCUT2D eigenvalue weighted by molar-refractivity contribution is 0.387. The van der Waals surface area contributed by atoms with Crippen LogP contribution in [0.1, 0.15) is 24.1 Å². The Hall–Kier alpha value is -2.17. The summed E-state index contributed by atoms with van der Waals surface area (Å²) in [4.78, 5) is 18.6. The van der Waals surface area contributed by atoms with Gasteiger partial charge in [-0.2, -0.15) is 0 Å². The molecule has 0 bridgehead atoms. The highest BCUT2D eigenvalue weighted by molar-refractivity contribution is 5.44. The van der Waals surface area contributed by atoms with E-state index in [1.165, 1.54) is 12.8 Å². The van der Waals surface area contributed by atoms with Crippen molar-refractivity contribution in [2.24, 2.45) is 5.92 Å². The largest absolute Gasteiger partial charge is 0.352 e. The minimum atomic E-state index is 0.517. The quantitative estimate of drug-likeness (QED) is 0.853. The molecule has 2 fully saturated rings. The number of hydrogen-bond donors (Lipinski definition) is 0. The van der Waals surface area contributed by atoms with Crippen molar-refractivity contribution in [3.63, 3.8) is 0 Å². The second kappa shape index (κ2) is 5.80. The van der Waals surface area contributed by atoms with Gasteiger partial charge in [0.25, 0.3) is 0 Å². The predicted octanol–water partition coefficient (Wildman–Crippen LogP) is 2.59. The summed E-state index contributed by atoms with van der Waals surface area (Å²) in [5.41, 5.74) is 2.19. The van der Waals surface area contributed by atoms with Gasteiger partial charge in [-0.15, -0.1) is 0 Å². The molecule has 0 radical (unpaired) electrons. The fourth-order valence-corrected chi connectivity index (χ4v) is 3.84. The Morgan fingerprint density at radius 1 is 1.04 bits per heavy atom. The van der Waals surface area contributed by atoms with E-state index in [-0.39, 0.29) is 0 Å². The van der Waals surface area contributed by atoms with Crippen LogP contribution in [0.3, 0.4) is 0 Å². The second-order valence-corrected chi connectivity index (χ2v) is 6.74. The molecule has 0 saturated carbocycles. The summed E-state index contributed by atoms with van der Waals surface area (Å²) < 4.78 is 0. The molecule has 2 atom stereocenters. The number of pyridine rings is 1. The van der Waals surface area contributed by atoms with Crippen LogP contribution in [0.25, 0.3) is 0 Å². The van der Waals surface area contributed by atoms with E-state index in [0.717, 1.165) is 48.6 Å². The molecule has 4 heterocycles. The van der Waals surface area contributed by atoms with Gasteiger partial charge in [-0.05, 0) is 50.3 Å². The van der Waals surface area contributed by atoms with E-state index in [1.807, 2.05) is 19.3 Å². The van der Waals surface area contributed by atoms with Gasteiger partial charge in [-0.1, -0.05) is 6.07 Å². The molecule has 5 nitrogen and oxygen atoms in total. The molecule has 5 heteroatoms. The summed E-state index contributed by atoms with van der Waals surface area (Å²) >= 11 is 0. The fraction of sp³-hybridized carbons (Fsp3) is 0.500. The molecule has 0 spiro atoms. The predicted molar refractivity (Wildman–Crippen MR) is 91.8 cm³/mol. The highest BCUT2D eigenvalue weighted by atomic mass is 15.3. The normalized spacial score (nSPS) is 23.9. The van der Waals surface area contributed by atoms with Gasteiger partial charge in [0, 0.05) is 37.7 Å². The van der Waals surface area contributed by atoms with Crippen LogP contribution >= 0.6 is 0 Å². The molecule has 2 aliphatic rings. The van der Waals surface area contributed by atoms with E-state index in [9.17, 15) is 0 Å². The molecule has 0 aliphatic carbocycles. The standard InChI is InChI=1S/C18H23N5/c1-13-10-19-18(20-11-13)22-8-6-15-7-9-23(16(15)12-22)17-5-3-4-14(2)21-17/h3-5,10-11,15-16H,6-9,12H2,1-2H3. The Kier molecular flexibility index (Phi) is 3.63. The smallest absolute Gasteiger partial charge is 0.225 e. The molecule has 2 aromatic heterocycles. The Morgan fingerprint density at radius 3 is 2.61 bits per heavy atom. The third kappa shape index (κ3) is 2.76. The fourth-order valence-electron chi connectivity index (χ4n) is 3.84. The van der Waals surface area contributed by atoms with E-state index in [0.29, 0.717) is 6.04 Å². The Morgan fingerprint density at radius 2 is 1.83 bits per heavy atom. The zero-order chi connectivity index (χ0) is 15.8. The van der Waals surface area contributed by atoms with Crippen LogP contribution in [-0.2, 0) is 0 Å². The number of aromatic nitrogens is 3. The number of anilines is 2. The number of rotatable bonds is 2.